The fraction of sp³-hybridized carbons (Fsp3) is 0.423. The molecule has 0 aliphatic heterocycles. The molecule has 1 fully saturated rings. The van der Waals surface area contributed by atoms with E-state index >= 15 is 0 Å². The van der Waals surface area contributed by atoms with Crippen LogP contribution in [0, 0.1) is 18.8 Å². The Morgan fingerprint density at radius 2 is 1.88 bits per heavy atom. The van der Waals surface area contributed by atoms with Gasteiger partial charge in [0.2, 0.25) is 0 Å². The first-order valence-corrected chi connectivity index (χ1v) is 14.1. The van der Waals surface area contributed by atoms with Gasteiger partial charge in [0.15, 0.2) is 0 Å². The second-order valence-electron chi connectivity index (χ2n) is 9.05. The average Bonchev–Trinajstić information content (AvgIpc) is 3.27. The molecule has 0 radical (unpaired) electrons. The van der Waals surface area contributed by atoms with Crippen molar-refractivity contribution in [1.29, 1.82) is 0 Å². The van der Waals surface area contributed by atoms with E-state index in [2.05, 4.69) is 21.9 Å². The maximum absolute atomic E-state index is 13.2. The fourth-order valence-electron chi connectivity index (χ4n) is 4.60. The van der Waals surface area contributed by atoms with Crippen LogP contribution in [0.1, 0.15) is 49.6 Å². The summed E-state index contributed by atoms with van der Waals surface area (Å²) in [5.74, 6) is 1.43. The summed E-state index contributed by atoms with van der Waals surface area (Å²) in [5, 5.41) is 6.46. The highest BCUT2D eigenvalue weighted by molar-refractivity contribution is 7.92. The smallest absolute Gasteiger partial charge is 0.261 e. The number of aromatic nitrogens is 1. The largest absolute Gasteiger partial charge is 0.312 e. The normalized spacial score (nSPS) is 15.9. The predicted octanol–water partition coefficient (Wildman–Crippen LogP) is 6.23. The van der Waals surface area contributed by atoms with Gasteiger partial charge in [-0.05, 0) is 49.1 Å². The van der Waals surface area contributed by atoms with Gasteiger partial charge in [-0.1, -0.05) is 69.4 Å². The molecule has 1 heterocycles. The molecule has 7 heteroatoms. The molecule has 0 amide bonds. The molecular formula is C26H33N3O2S2. The average molecular weight is 484 g/mol. The van der Waals surface area contributed by atoms with Crippen LogP contribution in [0.25, 0.3) is 11.3 Å². The Morgan fingerprint density at radius 1 is 1.09 bits per heavy atom. The molecule has 4 rings (SSSR count). The van der Waals surface area contributed by atoms with Crippen molar-refractivity contribution >= 4 is 27.0 Å². The zero-order valence-electron chi connectivity index (χ0n) is 19.4. The third-order valence-electron chi connectivity index (χ3n) is 6.56. The molecule has 1 unspecified atom stereocenters. The Hall–Kier alpha value is -2.22. The van der Waals surface area contributed by atoms with Crippen LogP contribution in [-0.4, -0.2) is 19.9 Å². The molecule has 176 valence electrons. The lowest BCUT2D eigenvalue weighted by molar-refractivity contribution is 0.256. The van der Waals surface area contributed by atoms with Crippen molar-refractivity contribution in [1.82, 2.24) is 10.3 Å². The van der Waals surface area contributed by atoms with Crippen molar-refractivity contribution in [3.63, 3.8) is 0 Å². The second kappa shape index (κ2) is 10.8. The summed E-state index contributed by atoms with van der Waals surface area (Å²) in [5.41, 5.74) is 3.16. The van der Waals surface area contributed by atoms with Crippen molar-refractivity contribution in [3.8, 4) is 11.3 Å². The van der Waals surface area contributed by atoms with Gasteiger partial charge in [-0.2, -0.15) is 0 Å². The van der Waals surface area contributed by atoms with Crippen LogP contribution < -0.4 is 10.0 Å². The molecule has 0 bridgehead atoms. The van der Waals surface area contributed by atoms with E-state index in [1.807, 2.05) is 42.6 Å². The van der Waals surface area contributed by atoms with Crippen molar-refractivity contribution in [3.05, 3.63) is 64.5 Å². The molecule has 5 nitrogen and oxygen atoms in total. The van der Waals surface area contributed by atoms with Crippen LogP contribution in [0.5, 0.6) is 0 Å². The minimum Gasteiger partial charge on any atom is -0.312 e. The number of hydrogen-bond donors (Lipinski definition) is 2. The van der Waals surface area contributed by atoms with E-state index in [-0.39, 0.29) is 4.90 Å². The zero-order valence-corrected chi connectivity index (χ0v) is 21.0. The minimum atomic E-state index is -3.72. The van der Waals surface area contributed by atoms with Gasteiger partial charge in [-0.15, -0.1) is 11.3 Å². The Morgan fingerprint density at radius 3 is 2.64 bits per heavy atom. The number of rotatable bonds is 9. The predicted molar refractivity (Wildman–Crippen MR) is 137 cm³/mol. The highest BCUT2D eigenvalue weighted by Gasteiger charge is 2.20. The maximum Gasteiger partial charge on any atom is 0.261 e. The molecule has 0 saturated heterocycles. The monoisotopic (exact) mass is 483 g/mol. The molecule has 1 aromatic heterocycles. The number of thiazole rings is 1. The lowest BCUT2D eigenvalue weighted by Gasteiger charge is -2.28. The molecule has 3 aromatic rings. The Labute approximate surface area is 201 Å². The van der Waals surface area contributed by atoms with E-state index in [1.54, 1.807) is 29.5 Å². The minimum absolute atomic E-state index is 0.235. The lowest BCUT2D eigenvalue weighted by atomic mass is 9.81. The second-order valence-corrected chi connectivity index (χ2v) is 11.8. The maximum atomic E-state index is 13.2. The Bertz CT molecular complexity index is 1170. The van der Waals surface area contributed by atoms with Gasteiger partial charge in [-0.3, -0.25) is 4.72 Å². The van der Waals surface area contributed by atoms with E-state index in [9.17, 15) is 8.42 Å². The van der Waals surface area contributed by atoms with Crippen molar-refractivity contribution < 1.29 is 8.42 Å². The lowest BCUT2D eigenvalue weighted by Crippen LogP contribution is -2.27. The summed E-state index contributed by atoms with van der Waals surface area (Å²) in [6.45, 7) is 5.85. The quantitative estimate of drug-likeness (QED) is 0.379. The van der Waals surface area contributed by atoms with Gasteiger partial charge < -0.3 is 5.32 Å². The third-order valence-corrected chi connectivity index (χ3v) is 8.69. The van der Waals surface area contributed by atoms with Gasteiger partial charge in [0.1, 0.15) is 0 Å². The molecule has 1 aliphatic rings. The van der Waals surface area contributed by atoms with Gasteiger partial charge >= 0.3 is 0 Å². The molecule has 2 aromatic carbocycles. The highest BCUT2D eigenvalue weighted by atomic mass is 32.2. The fourth-order valence-corrected chi connectivity index (χ4v) is 6.37. The van der Waals surface area contributed by atoms with Gasteiger partial charge in [-0.25, -0.2) is 13.4 Å². The molecule has 1 aliphatic carbocycles. The molecule has 1 saturated carbocycles. The van der Waals surface area contributed by atoms with E-state index in [1.165, 1.54) is 32.1 Å². The number of nitrogens with one attached hydrogen (secondary N) is 2. The number of para-hydroxylation sites is 1. The van der Waals surface area contributed by atoms with Crippen LogP contribution in [-0.2, 0) is 16.6 Å². The first-order valence-electron chi connectivity index (χ1n) is 11.8. The zero-order chi connectivity index (χ0) is 23.3. The number of benzene rings is 2. The van der Waals surface area contributed by atoms with Crippen molar-refractivity contribution in [2.75, 3.05) is 11.3 Å². The topological polar surface area (TPSA) is 71.1 Å². The summed E-state index contributed by atoms with van der Waals surface area (Å²) < 4.78 is 29.2. The van der Waals surface area contributed by atoms with E-state index in [0.717, 1.165) is 34.3 Å². The number of hydrogen-bond acceptors (Lipinski definition) is 5. The number of nitrogens with zero attached hydrogens (tertiary/aromatic N) is 1. The molecule has 33 heavy (non-hydrogen) atoms. The van der Waals surface area contributed by atoms with Gasteiger partial charge in [0.25, 0.3) is 10.0 Å². The van der Waals surface area contributed by atoms with Crippen LogP contribution in [0.3, 0.4) is 0 Å². The summed E-state index contributed by atoms with van der Waals surface area (Å²) in [4.78, 5) is 4.71. The van der Waals surface area contributed by atoms with E-state index in [0.29, 0.717) is 18.2 Å². The Kier molecular flexibility index (Phi) is 7.83. The third kappa shape index (κ3) is 6.22. The summed E-state index contributed by atoms with van der Waals surface area (Å²) in [6.07, 6.45) is 6.74. The summed E-state index contributed by atoms with van der Waals surface area (Å²) in [7, 11) is -3.72. The molecule has 1 atom stereocenters. The SMILES string of the molecule is Cc1nc(-c2cccc(S(=O)(=O)Nc3ccccc3CNCC(C)C3CCCCC3)c2)cs1. The number of sulfonamides is 1. The van der Waals surface area contributed by atoms with Crippen LogP contribution >= 0.6 is 11.3 Å². The van der Waals surface area contributed by atoms with Gasteiger partial charge in [0.05, 0.1) is 21.3 Å². The van der Waals surface area contributed by atoms with Crippen molar-refractivity contribution in [2.45, 2.75) is 57.4 Å². The number of anilines is 1. The Balaban J connectivity index is 1.43. The van der Waals surface area contributed by atoms with Crippen LogP contribution in [0.2, 0.25) is 0 Å². The van der Waals surface area contributed by atoms with Crippen LogP contribution in [0.4, 0.5) is 5.69 Å². The van der Waals surface area contributed by atoms with E-state index in [4.69, 9.17) is 0 Å². The number of aryl methyl sites for hydroxylation is 1. The van der Waals surface area contributed by atoms with Gasteiger partial charge in [0, 0.05) is 17.5 Å². The first-order chi connectivity index (χ1) is 15.9. The molecular weight excluding hydrogens is 450 g/mol. The summed E-state index contributed by atoms with van der Waals surface area (Å²) >= 11 is 1.55. The first kappa shape index (κ1) is 23.9. The molecule has 2 N–H and O–H groups in total. The standard InChI is InChI=1S/C26H33N3O2S2/c1-19(21-9-4-3-5-10-21)16-27-17-23-11-6-7-14-25(23)29-33(30,31)24-13-8-12-22(15-24)26-18-32-20(2)28-26/h6-8,11-15,18-19,21,27,29H,3-5,9-10,16-17H2,1-2H3. The highest BCUT2D eigenvalue weighted by Crippen LogP contribution is 2.30. The molecule has 0 spiro atoms. The summed E-state index contributed by atoms with van der Waals surface area (Å²) in [6, 6.07) is 14.6. The van der Waals surface area contributed by atoms with Crippen LogP contribution in [0.15, 0.2) is 58.8 Å². The van der Waals surface area contributed by atoms with E-state index < -0.39 is 10.0 Å². The van der Waals surface area contributed by atoms with Crippen molar-refractivity contribution in [2.24, 2.45) is 11.8 Å².